The summed E-state index contributed by atoms with van der Waals surface area (Å²) < 4.78 is 5.98. The molecule has 2 fully saturated rings. The molecular formula is C24H26N2O5. The molecule has 2 amide bonds. The largest absolute Gasteiger partial charge is 0.480 e. The van der Waals surface area contributed by atoms with Crippen LogP contribution in [0.3, 0.4) is 0 Å². The van der Waals surface area contributed by atoms with Gasteiger partial charge in [0.1, 0.15) is 5.72 Å². The Hall–Kier alpha value is -3.19. The highest BCUT2D eigenvalue weighted by molar-refractivity contribution is 5.98. The number of benzene rings is 2. The minimum absolute atomic E-state index is 0.0569. The number of aryl methyl sites for hydroxylation is 2. The topological polar surface area (TPSA) is 87.2 Å². The third-order valence-electron chi connectivity index (χ3n) is 6.27. The van der Waals surface area contributed by atoms with E-state index < -0.39 is 17.7 Å². The van der Waals surface area contributed by atoms with Crippen molar-refractivity contribution in [2.45, 2.75) is 38.5 Å². The Kier molecular flexibility index (Phi) is 5.54. The van der Waals surface area contributed by atoms with Gasteiger partial charge in [-0.15, -0.1) is 0 Å². The van der Waals surface area contributed by atoms with Crippen LogP contribution in [0, 0.1) is 13.8 Å². The van der Waals surface area contributed by atoms with Gasteiger partial charge in [0.2, 0.25) is 0 Å². The maximum atomic E-state index is 13.3. The van der Waals surface area contributed by atoms with Gasteiger partial charge in [0.05, 0.1) is 6.61 Å². The van der Waals surface area contributed by atoms with Crippen LogP contribution in [0.2, 0.25) is 0 Å². The summed E-state index contributed by atoms with van der Waals surface area (Å²) in [5.74, 6) is -1.50. The Morgan fingerprint density at radius 1 is 0.968 bits per heavy atom. The lowest BCUT2D eigenvalue weighted by Gasteiger charge is -2.44. The van der Waals surface area contributed by atoms with E-state index in [4.69, 9.17) is 4.74 Å². The first kappa shape index (κ1) is 21.1. The number of carbonyl (C=O) groups is 3. The average molecular weight is 422 g/mol. The van der Waals surface area contributed by atoms with Crippen molar-refractivity contribution < 1.29 is 24.2 Å². The van der Waals surface area contributed by atoms with Crippen LogP contribution in [0.15, 0.2) is 48.5 Å². The highest BCUT2D eigenvalue weighted by atomic mass is 16.5. The second-order valence-electron chi connectivity index (χ2n) is 8.26. The van der Waals surface area contributed by atoms with E-state index in [1.807, 2.05) is 50.2 Å². The zero-order chi connectivity index (χ0) is 22.2. The molecular weight excluding hydrogens is 396 g/mol. The van der Waals surface area contributed by atoms with Gasteiger partial charge < -0.3 is 14.7 Å². The van der Waals surface area contributed by atoms with Crippen molar-refractivity contribution in [3.05, 3.63) is 70.8 Å². The number of ether oxygens (including phenoxy) is 1. The smallest absolute Gasteiger partial charge is 0.328 e. The highest BCUT2D eigenvalue weighted by Crippen LogP contribution is 2.38. The summed E-state index contributed by atoms with van der Waals surface area (Å²) in [5, 5.41) is 9.72. The van der Waals surface area contributed by atoms with Crippen LogP contribution in [0.4, 0.5) is 0 Å². The van der Waals surface area contributed by atoms with Crippen molar-refractivity contribution in [2.75, 3.05) is 19.7 Å². The van der Waals surface area contributed by atoms with Gasteiger partial charge in [0.15, 0.2) is 6.04 Å². The molecule has 162 valence electrons. The van der Waals surface area contributed by atoms with E-state index in [0.717, 1.165) is 11.1 Å². The van der Waals surface area contributed by atoms with Crippen LogP contribution in [-0.4, -0.2) is 64.2 Å². The summed E-state index contributed by atoms with van der Waals surface area (Å²) in [7, 11) is 0. The van der Waals surface area contributed by atoms with E-state index in [-0.39, 0.29) is 18.4 Å². The summed E-state index contributed by atoms with van der Waals surface area (Å²) in [6.07, 6.45) is 0.734. The van der Waals surface area contributed by atoms with Crippen molar-refractivity contribution in [2.24, 2.45) is 0 Å². The van der Waals surface area contributed by atoms with Gasteiger partial charge in [-0.2, -0.15) is 0 Å². The number of hydrogen-bond acceptors (Lipinski definition) is 4. The Balaban J connectivity index is 1.57. The molecule has 0 bridgehead atoms. The van der Waals surface area contributed by atoms with Gasteiger partial charge in [0.25, 0.3) is 11.8 Å². The molecule has 2 saturated heterocycles. The lowest BCUT2D eigenvalue weighted by Crippen LogP contribution is -2.58. The number of carboxylic acid groups (broad SMARTS) is 1. The normalized spacial score (nSPS) is 20.1. The zero-order valence-electron chi connectivity index (χ0n) is 17.7. The molecule has 2 heterocycles. The molecule has 4 rings (SSSR count). The molecule has 2 aliphatic heterocycles. The van der Waals surface area contributed by atoms with Crippen molar-refractivity contribution in [3.63, 3.8) is 0 Å². The third-order valence-corrected chi connectivity index (χ3v) is 6.27. The number of aliphatic carboxylic acids is 1. The quantitative estimate of drug-likeness (QED) is 0.822. The fourth-order valence-corrected chi connectivity index (χ4v) is 4.43. The number of amides is 2. The van der Waals surface area contributed by atoms with Crippen LogP contribution < -0.4 is 0 Å². The van der Waals surface area contributed by atoms with Crippen LogP contribution in [0.25, 0.3) is 0 Å². The lowest BCUT2D eigenvalue weighted by atomic mass is 9.95. The number of rotatable bonds is 3. The Labute approximate surface area is 181 Å². The van der Waals surface area contributed by atoms with E-state index in [1.165, 1.54) is 4.90 Å². The number of carboxylic acids is 1. The van der Waals surface area contributed by atoms with E-state index >= 15 is 0 Å². The van der Waals surface area contributed by atoms with Gasteiger partial charge >= 0.3 is 5.97 Å². The molecule has 0 aromatic heterocycles. The van der Waals surface area contributed by atoms with Crippen molar-refractivity contribution in [1.29, 1.82) is 0 Å². The third kappa shape index (κ3) is 3.81. The molecule has 1 spiro atoms. The number of carbonyl (C=O) groups excluding carboxylic acids is 2. The fourth-order valence-electron chi connectivity index (χ4n) is 4.43. The molecule has 1 N–H and O–H groups in total. The molecule has 2 aromatic rings. The molecule has 0 radical (unpaired) electrons. The van der Waals surface area contributed by atoms with Crippen molar-refractivity contribution in [3.8, 4) is 0 Å². The summed E-state index contributed by atoms with van der Waals surface area (Å²) in [6.45, 7) is 4.54. The fraction of sp³-hybridized carbons (Fsp3) is 0.375. The first-order chi connectivity index (χ1) is 14.8. The summed E-state index contributed by atoms with van der Waals surface area (Å²) >= 11 is 0. The van der Waals surface area contributed by atoms with E-state index in [1.54, 1.807) is 17.0 Å². The molecule has 7 nitrogen and oxygen atoms in total. The van der Waals surface area contributed by atoms with Crippen molar-refractivity contribution >= 4 is 17.8 Å². The number of piperidine rings is 1. The molecule has 0 unspecified atom stereocenters. The summed E-state index contributed by atoms with van der Waals surface area (Å²) in [6, 6.07) is 13.5. The monoisotopic (exact) mass is 422 g/mol. The average Bonchev–Trinajstić information content (AvgIpc) is 3.13. The first-order valence-electron chi connectivity index (χ1n) is 10.4. The molecule has 31 heavy (non-hydrogen) atoms. The Morgan fingerprint density at radius 3 is 2.23 bits per heavy atom. The zero-order valence-corrected chi connectivity index (χ0v) is 17.7. The second kappa shape index (κ2) is 8.15. The van der Waals surface area contributed by atoms with Gasteiger partial charge in [-0.05, 0) is 37.6 Å². The van der Waals surface area contributed by atoms with Crippen LogP contribution in [0.1, 0.15) is 44.7 Å². The van der Waals surface area contributed by atoms with Crippen molar-refractivity contribution in [1.82, 2.24) is 9.80 Å². The van der Waals surface area contributed by atoms with E-state index in [0.29, 0.717) is 37.1 Å². The highest BCUT2D eigenvalue weighted by Gasteiger charge is 2.54. The predicted molar refractivity (Wildman–Crippen MR) is 114 cm³/mol. The summed E-state index contributed by atoms with van der Waals surface area (Å²) in [5.41, 5.74) is 1.99. The van der Waals surface area contributed by atoms with E-state index in [9.17, 15) is 19.5 Å². The summed E-state index contributed by atoms with van der Waals surface area (Å²) in [4.78, 5) is 41.3. The Bertz CT molecular complexity index is 1010. The van der Waals surface area contributed by atoms with Gasteiger partial charge in [-0.3, -0.25) is 14.5 Å². The number of nitrogens with zero attached hydrogens (tertiary/aromatic N) is 2. The van der Waals surface area contributed by atoms with Crippen LogP contribution in [-0.2, 0) is 9.53 Å². The molecule has 1 atom stereocenters. The molecule has 0 aliphatic carbocycles. The predicted octanol–water partition coefficient (Wildman–Crippen LogP) is 2.86. The van der Waals surface area contributed by atoms with E-state index in [2.05, 4.69) is 0 Å². The SMILES string of the molecule is Cc1ccc(C(=O)N2[C@@H](C(=O)O)COC23CCN(C(=O)c2ccccc2C)CC3)cc1. The Morgan fingerprint density at radius 2 is 1.61 bits per heavy atom. The standard InChI is InChI=1S/C24H26N2O5/c1-16-7-9-18(10-8-16)21(27)26-20(23(29)30)15-31-24(26)11-13-25(14-12-24)22(28)19-6-4-3-5-17(19)2/h3-10,20H,11-15H2,1-2H3,(H,29,30)/t20-/m1/s1. The van der Waals surface area contributed by atoms with Gasteiger partial charge in [-0.25, -0.2) is 4.79 Å². The van der Waals surface area contributed by atoms with Crippen LogP contribution in [0.5, 0.6) is 0 Å². The van der Waals surface area contributed by atoms with Crippen LogP contribution >= 0.6 is 0 Å². The lowest BCUT2D eigenvalue weighted by molar-refractivity contribution is -0.143. The molecule has 7 heteroatoms. The molecule has 2 aromatic carbocycles. The minimum Gasteiger partial charge on any atom is -0.480 e. The maximum Gasteiger partial charge on any atom is 0.328 e. The maximum absolute atomic E-state index is 13.3. The van der Waals surface area contributed by atoms with Gasteiger partial charge in [-0.1, -0.05) is 35.9 Å². The number of likely N-dealkylation sites (tertiary alicyclic amines) is 1. The van der Waals surface area contributed by atoms with Gasteiger partial charge in [0, 0.05) is 37.1 Å². The first-order valence-corrected chi connectivity index (χ1v) is 10.4. The number of hydrogen-bond donors (Lipinski definition) is 1. The minimum atomic E-state index is -1.09. The molecule has 0 saturated carbocycles. The second-order valence-corrected chi connectivity index (χ2v) is 8.26. The molecule has 2 aliphatic rings.